The second-order valence-electron chi connectivity index (χ2n) is 5.10. The first-order chi connectivity index (χ1) is 10.6. The van der Waals surface area contributed by atoms with Crippen LogP contribution in [0.4, 0.5) is 8.78 Å². The van der Waals surface area contributed by atoms with Gasteiger partial charge in [0.25, 0.3) is 0 Å². The van der Waals surface area contributed by atoms with Crippen molar-refractivity contribution in [2.75, 3.05) is 0 Å². The molecule has 0 unspecified atom stereocenters. The molecule has 4 rings (SSSR count). The molecule has 0 aliphatic heterocycles. The first kappa shape index (κ1) is 12.8. The summed E-state index contributed by atoms with van der Waals surface area (Å²) < 4.78 is 28.2. The van der Waals surface area contributed by atoms with Crippen LogP contribution in [-0.4, -0.2) is 10.1 Å². The summed E-state index contributed by atoms with van der Waals surface area (Å²) in [6, 6.07) is 15.7. The number of phenols is 1. The summed E-state index contributed by atoms with van der Waals surface area (Å²) in [5.74, 6) is -1.53. The molecule has 4 heteroatoms. The summed E-state index contributed by atoms with van der Waals surface area (Å²) in [6.07, 6.45) is 0. The zero-order chi connectivity index (χ0) is 15.3. The maximum atomic E-state index is 14.1. The summed E-state index contributed by atoms with van der Waals surface area (Å²) >= 11 is 0. The molecule has 1 radical (unpaired) electrons. The number of hydrogen-bond donors (Lipinski definition) is 2. The predicted molar refractivity (Wildman–Crippen MR) is 81.7 cm³/mol. The Morgan fingerprint density at radius 1 is 0.955 bits per heavy atom. The third-order valence-corrected chi connectivity index (χ3v) is 3.78. The van der Waals surface area contributed by atoms with Crippen molar-refractivity contribution >= 4 is 21.7 Å². The van der Waals surface area contributed by atoms with Crippen LogP contribution in [0.3, 0.4) is 0 Å². The van der Waals surface area contributed by atoms with Gasteiger partial charge in [-0.15, -0.1) is 0 Å². The number of aromatic amines is 1. The van der Waals surface area contributed by atoms with Crippen molar-refractivity contribution in [1.82, 2.24) is 4.98 Å². The zero-order valence-electron chi connectivity index (χ0n) is 11.3. The number of nitrogens with one attached hydrogen (secondary N) is 1. The second kappa shape index (κ2) is 4.56. The van der Waals surface area contributed by atoms with Gasteiger partial charge in [0.2, 0.25) is 0 Å². The monoisotopic (exact) mass is 294 g/mol. The highest BCUT2D eigenvalue weighted by molar-refractivity contribution is 6.08. The van der Waals surface area contributed by atoms with Gasteiger partial charge in [-0.1, -0.05) is 24.3 Å². The second-order valence-corrected chi connectivity index (χ2v) is 5.10. The van der Waals surface area contributed by atoms with Gasteiger partial charge in [0.1, 0.15) is 5.82 Å². The summed E-state index contributed by atoms with van der Waals surface area (Å²) in [5, 5.41) is 11.5. The van der Waals surface area contributed by atoms with E-state index in [1.165, 1.54) is 18.2 Å². The number of aromatic nitrogens is 1. The molecule has 2 nitrogen and oxygen atoms in total. The molecule has 0 spiro atoms. The smallest absolute Gasteiger partial charge is 0.174 e. The van der Waals surface area contributed by atoms with E-state index >= 15 is 0 Å². The summed E-state index contributed by atoms with van der Waals surface area (Å²) in [5.41, 5.74) is 1.14. The van der Waals surface area contributed by atoms with E-state index in [4.69, 9.17) is 0 Å². The lowest BCUT2D eigenvalue weighted by atomic mass is 10.1. The molecule has 0 aliphatic rings. The van der Waals surface area contributed by atoms with Gasteiger partial charge in [0.15, 0.2) is 11.6 Å². The quantitative estimate of drug-likeness (QED) is 0.521. The van der Waals surface area contributed by atoms with E-state index in [1.54, 1.807) is 18.2 Å². The molecular weight excluding hydrogens is 284 g/mol. The van der Waals surface area contributed by atoms with Crippen molar-refractivity contribution in [3.8, 4) is 17.0 Å². The molecule has 0 aliphatic carbocycles. The maximum absolute atomic E-state index is 14.1. The largest absolute Gasteiger partial charge is 0.505 e. The van der Waals surface area contributed by atoms with Crippen LogP contribution < -0.4 is 0 Å². The van der Waals surface area contributed by atoms with Gasteiger partial charge < -0.3 is 10.1 Å². The molecule has 0 fully saturated rings. The van der Waals surface area contributed by atoms with Gasteiger partial charge in [0.05, 0.1) is 5.69 Å². The lowest BCUT2D eigenvalue weighted by Gasteiger charge is -2.01. The van der Waals surface area contributed by atoms with Crippen molar-refractivity contribution in [2.24, 2.45) is 0 Å². The van der Waals surface area contributed by atoms with E-state index in [1.807, 2.05) is 12.1 Å². The highest BCUT2D eigenvalue weighted by Gasteiger charge is 2.14. The van der Waals surface area contributed by atoms with Crippen molar-refractivity contribution in [2.45, 2.75) is 0 Å². The molecule has 2 N–H and O–H groups in total. The summed E-state index contributed by atoms with van der Waals surface area (Å²) in [4.78, 5) is 2.99. The molecular formula is C18H10F2NO. The number of benzene rings is 3. The topological polar surface area (TPSA) is 36.0 Å². The van der Waals surface area contributed by atoms with Crippen LogP contribution in [0.15, 0.2) is 48.5 Å². The third-order valence-electron chi connectivity index (χ3n) is 3.78. The number of aromatic hydroxyl groups is 1. The fraction of sp³-hybridized carbons (Fsp3) is 0. The van der Waals surface area contributed by atoms with Crippen LogP contribution in [0.2, 0.25) is 0 Å². The molecule has 107 valence electrons. The average Bonchev–Trinajstić information content (AvgIpc) is 2.94. The molecule has 0 amide bonds. The Bertz CT molecular complexity index is 1020. The Kier molecular flexibility index (Phi) is 2.66. The number of phenolic OH excluding ortho intramolecular Hbond substituents is 1. The minimum Gasteiger partial charge on any atom is -0.505 e. The average molecular weight is 294 g/mol. The molecule has 0 saturated heterocycles. The van der Waals surface area contributed by atoms with Crippen LogP contribution in [0.25, 0.3) is 32.9 Å². The van der Waals surface area contributed by atoms with E-state index < -0.39 is 11.6 Å². The lowest BCUT2D eigenvalue weighted by molar-refractivity contribution is 0.433. The lowest BCUT2D eigenvalue weighted by Crippen LogP contribution is -1.85. The fourth-order valence-corrected chi connectivity index (χ4v) is 2.74. The summed E-state index contributed by atoms with van der Waals surface area (Å²) in [7, 11) is 0. The first-order valence-electron chi connectivity index (χ1n) is 6.74. The Balaban J connectivity index is 2.06. The first-order valence-corrected chi connectivity index (χ1v) is 6.74. The highest BCUT2D eigenvalue weighted by atomic mass is 19.1. The SMILES string of the molecule is Oc1cc[c]c(-c2cc3c(cc(F)c4ccccc43)[nH]2)c1F. The standard InChI is InChI=1S/C18H10F2NO/c19-14-9-16-13(10-4-1-2-5-11(10)14)8-15(21-16)12-6-3-7-17(22)18(12)20/h1-5,7-9,21-22H. The van der Waals surface area contributed by atoms with E-state index in [9.17, 15) is 13.9 Å². The fourth-order valence-electron chi connectivity index (χ4n) is 2.74. The Morgan fingerprint density at radius 3 is 2.55 bits per heavy atom. The van der Waals surface area contributed by atoms with Gasteiger partial charge in [-0.3, -0.25) is 0 Å². The predicted octanol–water partition coefficient (Wildman–Crippen LogP) is 4.77. The Hall–Kier alpha value is -2.88. The maximum Gasteiger partial charge on any atom is 0.174 e. The molecule has 4 aromatic rings. The Labute approximate surface area is 124 Å². The molecule has 0 bridgehead atoms. The van der Waals surface area contributed by atoms with Gasteiger partial charge in [-0.2, -0.15) is 0 Å². The normalized spacial score (nSPS) is 11.4. The van der Waals surface area contributed by atoms with E-state index in [2.05, 4.69) is 11.1 Å². The molecule has 3 aromatic carbocycles. The van der Waals surface area contributed by atoms with Crippen LogP contribution >= 0.6 is 0 Å². The number of fused-ring (bicyclic) bond motifs is 3. The van der Waals surface area contributed by atoms with Gasteiger partial charge in [-0.25, -0.2) is 8.78 Å². The van der Waals surface area contributed by atoms with E-state index in [0.29, 0.717) is 16.6 Å². The van der Waals surface area contributed by atoms with Crippen LogP contribution in [-0.2, 0) is 0 Å². The van der Waals surface area contributed by atoms with Crippen LogP contribution in [0.5, 0.6) is 5.75 Å². The molecule has 0 saturated carbocycles. The van der Waals surface area contributed by atoms with Gasteiger partial charge in [0, 0.05) is 21.9 Å². The minimum atomic E-state index is -0.751. The number of halogens is 2. The molecule has 0 atom stereocenters. The third kappa shape index (κ3) is 1.77. The van der Waals surface area contributed by atoms with E-state index in [0.717, 1.165) is 10.8 Å². The minimum absolute atomic E-state index is 0.126. The van der Waals surface area contributed by atoms with Crippen molar-refractivity contribution < 1.29 is 13.9 Å². The number of hydrogen-bond acceptors (Lipinski definition) is 1. The van der Waals surface area contributed by atoms with Crippen molar-refractivity contribution in [3.63, 3.8) is 0 Å². The van der Waals surface area contributed by atoms with Crippen molar-refractivity contribution in [3.05, 3.63) is 66.2 Å². The number of H-pyrrole nitrogens is 1. The van der Waals surface area contributed by atoms with Crippen LogP contribution in [0.1, 0.15) is 0 Å². The number of rotatable bonds is 1. The summed E-state index contributed by atoms with van der Waals surface area (Å²) in [6.45, 7) is 0. The molecule has 1 heterocycles. The highest BCUT2D eigenvalue weighted by Crippen LogP contribution is 2.33. The van der Waals surface area contributed by atoms with Gasteiger partial charge in [-0.05, 0) is 35.7 Å². The Morgan fingerprint density at radius 2 is 1.73 bits per heavy atom. The molecule has 1 aromatic heterocycles. The zero-order valence-corrected chi connectivity index (χ0v) is 11.3. The van der Waals surface area contributed by atoms with Gasteiger partial charge >= 0.3 is 0 Å². The van der Waals surface area contributed by atoms with Crippen molar-refractivity contribution in [1.29, 1.82) is 0 Å². The molecule has 22 heavy (non-hydrogen) atoms. The van der Waals surface area contributed by atoms with Crippen LogP contribution in [0, 0.1) is 17.7 Å². The van der Waals surface area contributed by atoms with E-state index in [-0.39, 0.29) is 11.4 Å².